The van der Waals surface area contributed by atoms with Gasteiger partial charge in [0.25, 0.3) is 5.88 Å². The Bertz CT molecular complexity index is 1990. The molecule has 1 aliphatic heterocycles. The lowest BCUT2D eigenvalue weighted by atomic mass is 9.62. The number of esters is 1. The van der Waals surface area contributed by atoms with Crippen molar-refractivity contribution in [1.82, 2.24) is 9.88 Å². The summed E-state index contributed by atoms with van der Waals surface area (Å²) in [4.78, 5) is 22.9. The summed E-state index contributed by atoms with van der Waals surface area (Å²) in [6, 6.07) is 21.0. The summed E-state index contributed by atoms with van der Waals surface area (Å²) >= 11 is 0. The highest BCUT2D eigenvalue weighted by molar-refractivity contribution is 5.73. The topological polar surface area (TPSA) is 116 Å². The van der Waals surface area contributed by atoms with Crippen molar-refractivity contribution in [2.75, 3.05) is 20.7 Å². The van der Waals surface area contributed by atoms with Gasteiger partial charge in [0.15, 0.2) is 17.3 Å². The number of ether oxygens (including phenoxy) is 5. The first-order valence-electron chi connectivity index (χ1n) is 16.8. The number of carbonyl (C=O) groups excluding carboxylic acids is 1. The van der Waals surface area contributed by atoms with E-state index in [1.807, 2.05) is 48.3 Å². The van der Waals surface area contributed by atoms with Gasteiger partial charge in [-0.3, -0.25) is 14.7 Å². The maximum absolute atomic E-state index is 16.1. The van der Waals surface area contributed by atoms with E-state index in [0.717, 1.165) is 37.4 Å². The van der Waals surface area contributed by atoms with Gasteiger partial charge in [0.05, 0.1) is 30.9 Å². The van der Waals surface area contributed by atoms with Gasteiger partial charge >= 0.3 is 5.97 Å². The van der Waals surface area contributed by atoms with Crippen LogP contribution in [0.4, 0.5) is 8.78 Å². The number of hydrogen-bond donors (Lipinski definition) is 0. The van der Waals surface area contributed by atoms with E-state index in [4.69, 9.17) is 23.7 Å². The highest BCUT2D eigenvalue weighted by atomic mass is 19.1. The van der Waals surface area contributed by atoms with Crippen LogP contribution >= 0.6 is 0 Å². The lowest BCUT2D eigenvalue weighted by Gasteiger charge is -2.49. The number of nitrogens with zero attached hydrogens (tertiary/aromatic N) is 4. The summed E-state index contributed by atoms with van der Waals surface area (Å²) in [5.74, 6) is -2.73. The maximum Gasteiger partial charge on any atom is 0.309 e. The number of benzene rings is 3. The van der Waals surface area contributed by atoms with Crippen LogP contribution in [0.2, 0.25) is 0 Å². The molecular weight excluding hydrogens is 658 g/mol. The monoisotopic (exact) mass is 694 g/mol. The first kappa shape index (κ1) is 33.9. The second kappa shape index (κ2) is 14.4. The average Bonchev–Trinajstić information content (AvgIpc) is 3.60. The van der Waals surface area contributed by atoms with Crippen molar-refractivity contribution in [2.45, 2.75) is 50.5 Å². The van der Waals surface area contributed by atoms with Crippen molar-refractivity contribution in [1.29, 1.82) is 5.26 Å². The molecule has 12 heteroatoms. The zero-order chi connectivity index (χ0) is 35.5. The molecule has 2 unspecified atom stereocenters. The molecule has 1 aromatic heterocycles. The van der Waals surface area contributed by atoms with Crippen LogP contribution in [0.15, 0.2) is 77.9 Å². The van der Waals surface area contributed by atoms with Gasteiger partial charge in [0, 0.05) is 30.8 Å². The molecule has 262 valence electrons. The highest BCUT2D eigenvalue weighted by Gasteiger charge is 2.50. The van der Waals surface area contributed by atoms with Crippen LogP contribution in [-0.4, -0.2) is 48.4 Å². The number of pyridine rings is 1. The number of aliphatic imine (C=N–C) groups is 1. The van der Waals surface area contributed by atoms with Gasteiger partial charge in [-0.25, -0.2) is 9.37 Å². The molecule has 8 rings (SSSR count). The third-order valence-corrected chi connectivity index (χ3v) is 9.86. The molecule has 51 heavy (non-hydrogen) atoms. The van der Waals surface area contributed by atoms with Crippen LogP contribution in [0.1, 0.15) is 55.0 Å². The molecule has 4 aliphatic rings. The molecule has 2 atom stereocenters. The minimum absolute atomic E-state index is 0.0172. The van der Waals surface area contributed by atoms with Crippen LogP contribution in [0.5, 0.6) is 34.6 Å². The molecule has 4 aromatic rings. The fourth-order valence-corrected chi connectivity index (χ4v) is 7.18. The maximum atomic E-state index is 16.1. The second-order valence-corrected chi connectivity index (χ2v) is 13.1. The molecule has 0 spiro atoms. The Hall–Kier alpha value is -5.54. The second-order valence-electron chi connectivity index (χ2n) is 13.1. The number of carbonyl (C=O) groups is 1. The number of nitriles is 1. The number of rotatable bonds is 11. The number of fused-ring (bicyclic) bond motifs is 3. The standard InChI is InChI=1S/C39H36F2N4O6/c1-45-17-16-43-36(45)28-19-27(51-39-14-12-26(13-15-39)29(20-39)38(46)47-2)9-11-31(28)49-35-30(40)22-44-37(34(35)41)50-33-18-25(21-42)8-10-32(33)48-23-24-6-4-3-5-7-24/h3-11,16,18-19,22,26,29,36H,12-15,17,20,23H2,1-2H3. The predicted octanol–water partition coefficient (Wildman–Crippen LogP) is 7.91. The average molecular weight is 695 g/mol. The van der Waals surface area contributed by atoms with Crippen LogP contribution < -0.4 is 18.9 Å². The van der Waals surface area contributed by atoms with E-state index in [0.29, 0.717) is 30.2 Å². The molecule has 2 heterocycles. The van der Waals surface area contributed by atoms with E-state index >= 15 is 8.78 Å². The van der Waals surface area contributed by atoms with Crippen molar-refractivity contribution in [3.05, 3.63) is 101 Å². The van der Waals surface area contributed by atoms with Gasteiger partial charge in [-0.05, 0) is 74.5 Å². The summed E-state index contributed by atoms with van der Waals surface area (Å²) in [5.41, 5.74) is 1.13. The van der Waals surface area contributed by atoms with Crippen molar-refractivity contribution in [3.63, 3.8) is 0 Å². The van der Waals surface area contributed by atoms with Gasteiger partial charge in [0.1, 0.15) is 29.9 Å². The molecule has 3 aromatic carbocycles. The molecule has 3 fully saturated rings. The van der Waals surface area contributed by atoms with Crippen LogP contribution in [0, 0.1) is 34.8 Å². The van der Waals surface area contributed by atoms with E-state index in [9.17, 15) is 10.1 Å². The molecular formula is C39H36F2N4O6. The normalized spacial score (nSPS) is 22.3. The third kappa shape index (κ3) is 7.07. The summed E-state index contributed by atoms with van der Waals surface area (Å²) in [6.45, 7) is 0.749. The fraction of sp³-hybridized carbons (Fsp3) is 0.333. The Kier molecular flexibility index (Phi) is 9.56. The zero-order valence-corrected chi connectivity index (χ0v) is 28.2. The Morgan fingerprint density at radius 3 is 2.53 bits per heavy atom. The van der Waals surface area contributed by atoms with Crippen molar-refractivity contribution in [2.24, 2.45) is 16.8 Å². The minimum atomic E-state index is -1.19. The molecule has 0 radical (unpaired) electrons. The third-order valence-electron chi connectivity index (χ3n) is 9.86. The Morgan fingerprint density at radius 2 is 1.80 bits per heavy atom. The van der Waals surface area contributed by atoms with Crippen LogP contribution in [0.25, 0.3) is 0 Å². The smallest absolute Gasteiger partial charge is 0.309 e. The summed E-state index contributed by atoms with van der Waals surface area (Å²) in [5, 5.41) is 9.50. The van der Waals surface area contributed by atoms with Crippen molar-refractivity contribution < 1.29 is 37.3 Å². The van der Waals surface area contributed by atoms with Crippen LogP contribution in [-0.2, 0) is 16.1 Å². The highest BCUT2D eigenvalue weighted by Crippen LogP contribution is 2.51. The first-order valence-corrected chi connectivity index (χ1v) is 16.8. The van der Waals surface area contributed by atoms with Crippen molar-refractivity contribution >= 4 is 12.2 Å². The molecule has 3 aliphatic carbocycles. The van der Waals surface area contributed by atoms with E-state index in [1.165, 1.54) is 13.2 Å². The van der Waals surface area contributed by atoms with Crippen LogP contribution in [0.3, 0.4) is 0 Å². The molecule has 2 bridgehead atoms. The summed E-state index contributed by atoms with van der Waals surface area (Å²) in [7, 11) is 3.29. The van der Waals surface area contributed by atoms with Gasteiger partial charge in [0.2, 0.25) is 11.6 Å². The zero-order valence-electron chi connectivity index (χ0n) is 28.2. The number of halogens is 2. The minimum Gasteiger partial charge on any atom is -0.487 e. The van der Waals surface area contributed by atoms with Crippen molar-refractivity contribution in [3.8, 4) is 40.7 Å². The Labute approximate surface area is 294 Å². The Balaban J connectivity index is 1.17. The molecule has 10 nitrogen and oxygen atoms in total. The number of hydrogen-bond acceptors (Lipinski definition) is 10. The van der Waals surface area contributed by atoms with Gasteiger partial charge in [-0.15, -0.1) is 0 Å². The van der Waals surface area contributed by atoms with Gasteiger partial charge < -0.3 is 23.7 Å². The fourth-order valence-electron chi connectivity index (χ4n) is 7.18. The van der Waals surface area contributed by atoms with Gasteiger partial charge in [-0.2, -0.15) is 9.65 Å². The summed E-state index contributed by atoms with van der Waals surface area (Å²) in [6.07, 6.45) is 5.99. The van der Waals surface area contributed by atoms with Gasteiger partial charge in [-0.1, -0.05) is 30.3 Å². The SMILES string of the molecule is COC(=O)C1CC2(Oc3ccc(Oc4c(F)cnc(Oc5cc(C#N)ccc5OCc5ccccc5)c4F)c(C4N=CCN4C)c3)CCC1CC2. The molecule has 3 saturated carbocycles. The number of aromatic nitrogens is 1. The lowest BCUT2D eigenvalue weighted by molar-refractivity contribution is -0.158. The number of methoxy groups -OCH3 is 1. The molecule has 0 amide bonds. The first-order chi connectivity index (χ1) is 24.8. The molecule has 0 saturated heterocycles. The largest absolute Gasteiger partial charge is 0.487 e. The molecule has 0 N–H and O–H groups in total. The van der Waals surface area contributed by atoms with E-state index in [-0.39, 0.29) is 41.3 Å². The van der Waals surface area contributed by atoms with E-state index in [2.05, 4.69) is 9.98 Å². The van der Waals surface area contributed by atoms with E-state index < -0.39 is 35.0 Å². The lowest BCUT2D eigenvalue weighted by Crippen LogP contribution is -2.51. The quantitative estimate of drug-likeness (QED) is 0.145. The predicted molar refractivity (Wildman–Crippen MR) is 182 cm³/mol. The Morgan fingerprint density at radius 1 is 1.02 bits per heavy atom. The summed E-state index contributed by atoms with van der Waals surface area (Å²) < 4.78 is 60.9. The van der Waals surface area contributed by atoms with E-state index in [1.54, 1.807) is 36.5 Å².